The van der Waals surface area contributed by atoms with Gasteiger partial charge in [0.25, 0.3) is 0 Å². The van der Waals surface area contributed by atoms with Crippen LogP contribution in [-0.4, -0.2) is 78.0 Å². The molecule has 1 aromatic rings. The lowest BCUT2D eigenvalue weighted by Gasteiger charge is -2.45. The lowest BCUT2D eigenvalue weighted by atomic mass is 9.82. The Morgan fingerprint density at radius 1 is 1.18 bits per heavy atom. The monoisotopic (exact) mass is 515 g/mol. The predicted molar refractivity (Wildman–Crippen MR) is 132 cm³/mol. The minimum atomic E-state index is -3.59. The van der Waals surface area contributed by atoms with E-state index in [0.29, 0.717) is 11.2 Å². The first-order valence-electron chi connectivity index (χ1n) is 11.3. The molecule has 2 saturated heterocycles. The van der Waals surface area contributed by atoms with E-state index < -0.39 is 52.1 Å². The molecule has 2 atom stereocenters. The number of aromatic nitrogens is 1. The molecule has 0 unspecified atom stereocenters. The number of halogens is 1. The van der Waals surface area contributed by atoms with Gasteiger partial charge in [-0.15, -0.1) is 0 Å². The van der Waals surface area contributed by atoms with Crippen LogP contribution in [0.3, 0.4) is 0 Å². The molecule has 1 aromatic heterocycles. The quantitative estimate of drug-likeness (QED) is 0.451. The molecule has 0 saturated carbocycles. The molecule has 9 nitrogen and oxygen atoms in total. The van der Waals surface area contributed by atoms with E-state index in [1.54, 1.807) is 44.7 Å². The first-order chi connectivity index (χ1) is 15.3. The average molecular weight is 516 g/mol. The van der Waals surface area contributed by atoms with Crippen molar-refractivity contribution in [3.8, 4) is 0 Å². The van der Waals surface area contributed by atoms with Crippen molar-refractivity contribution in [3.05, 3.63) is 22.8 Å². The van der Waals surface area contributed by atoms with Gasteiger partial charge in [0.15, 0.2) is 0 Å². The summed E-state index contributed by atoms with van der Waals surface area (Å²) >= 11 is 6.39. The van der Waals surface area contributed by atoms with Gasteiger partial charge in [-0.1, -0.05) is 11.6 Å². The van der Waals surface area contributed by atoms with Gasteiger partial charge in [-0.2, -0.15) is 4.31 Å². The van der Waals surface area contributed by atoms with Crippen molar-refractivity contribution in [2.24, 2.45) is 0 Å². The van der Waals surface area contributed by atoms with Crippen LogP contribution >= 0.6 is 11.6 Å². The van der Waals surface area contributed by atoms with Gasteiger partial charge in [0, 0.05) is 13.1 Å². The van der Waals surface area contributed by atoms with E-state index in [9.17, 15) is 13.2 Å². The molecule has 12 heteroatoms. The lowest BCUT2D eigenvalue weighted by molar-refractivity contribution is -0.00204. The Balaban J connectivity index is 2.02. The van der Waals surface area contributed by atoms with E-state index in [1.165, 1.54) is 4.31 Å². The molecule has 3 heterocycles. The fraction of sp³-hybridized carbons (Fsp3) is 0.727. The second-order valence-corrected chi connectivity index (χ2v) is 13.3. The number of sulfonamides is 1. The molecule has 2 aliphatic rings. The van der Waals surface area contributed by atoms with E-state index in [1.807, 2.05) is 27.7 Å². The highest BCUT2D eigenvalue weighted by Gasteiger charge is 2.53. The highest BCUT2D eigenvalue weighted by atomic mass is 35.5. The molecular formula is C22H35BClN3O6S. The van der Waals surface area contributed by atoms with Crippen molar-refractivity contribution in [2.45, 2.75) is 84.3 Å². The molecule has 1 amide bonds. The van der Waals surface area contributed by atoms with Gasteiger partial charge in [0.05, 0.1) is 35.1 Å². The summed E-state index contributed by atoms with van der Waals surface area (Å²) in [7, 11) is -4.36. The van der Waals surface area contributed by atoms with Gasteiger partial charge < -0.3 is 18.9 Å². The summed E-state index contributed by atoms with van der Waals surface area (Å²) in [5.41, 5.74) is -0.796. The maximum absolute atomic E-state index is 12.9. The van der Waals surface area contributed by atoms with Crippen molar-refractivity contribution in [2.75, 3.05) is 19.3 Å². The molecule has 0 radical (unpaired) electrons. The zero-order valence-corrected chi connectivity index (χ0v) is 23.0. The van der Waals surface area contributed by atoms with E-state index in [-0.39, 0.29) is 18.2 Å². The van der Waals surface area contributed by atoms with Crippen molar-refractivity contribution < 1.29 is 27.3 Å². The van der Waals surface area contributed by atoms with Crippen molar-refractivity contribution >= 4 is 40.4 Å². The second kappa shape index (κ2) is 8.92. The summed E-state index contributed by atoms with van der Waals surface area (Å²) < 4.78 is 44.6. The van der Waals surface area contributed by atoms with Crippen LogP contribution in [0.15, 0.2) is 12.1 Å². The number of carbonyl (C=O) groups excluding carboxylic acids is 1. The number of nitrogens with zero attached hydrogens (tertiary/aromatic N) is 3. The van der Waals surface area contributed by atoms with Crippen LogP contribution in [0.25, 0.3) is 0 Å². The number of hydrogen-bond acceptors (Lipinski definition) is 7. The molecule has 0 aliphatic carbocycles. The number of hydrogen-bond donors (Lipinski definition) is 0. The summed E-state index contributed by atoms with van der Waals surface area (Å²) in [6.45, 7) is 15.3. The Bertz CT molecular complexity index is 1040. The molecule has 2 aliphatic heterocycles. The minimum absolute atomic E-state index is 0.124. The molecule has 0 aromatic carbocycles. The van der Waals surface area contributed by atoms with E-state index in [4.69, 9.17) is 25.6 Å². The zero-order valence-electron chi connectivity index (χ0n) is 21.4. The summed E-state index contributed by atoms with van der Waals surface area (Å²) in [5, 5.41) is 0.178. The molecule has 3 rings (SSSR count). The Hall–Kier alpha value is -1.40. The Kier molecular flexibility index (Phi) is 7.14. The summed E-state index contributed by atoms with van der Waals surface area (Å²) in [5.74, 6) is 0. The Morgan fingerprint density at radius 3 is 2.24 bits per heavy atom. The molecule has 190 valence electrons. The second-order valence-electron chi connectivity index (χ2n) is 11.0. The third-order valence-electron chi connectivity index (χ3n) is 6.55. The highest BCUT2D eigenvalue weighted by Crippen LogP contribution is 2.38. The lowest BCUT2D eigenvalue weighted by Crippen LogP contribution is -2.57. The molecule has 0 spiro atoms. The summed E-state index contributed by atoms with van der Waals surface area (Å²) in [6.07, 6.45) is 0.665. The van der Waals surface area contributed by atoms with Crippen LogP contribution in [0.5, 0.6) is 0 Å². The maximum atomic E-state index is 12.9. The number of pyridine rings is 1. The van der Waals surface area contributed by atoms with E-state index >= 15 is 0 Å². The molecule has 2 fully saturated rings. The Morgan fingerprint density at radius 2 is 1.74 bits per heavy atom. The zero-order chi connectivity index (χ0) is 25.9. The smallest absolute Gasteiger partial charge is 0.444 e. The van der Waals surface area contributed by atoms with Crippen LogP contribution < -0.4 is 5.59 Å². The maximum Gasteiger partial charge on any atom is 0.514 e. The molecule has 0 bridgehead atoms. The molecular weight excluding hydrogens is 481 g/mol. The predicted octanol–water partition coefficient (Wildman–Crippen LogP) is 2.98. The van der Waals surface area contributed by atoms with Gasteiger partial charge in [-0.05, 0) is 73.1 Å². The third-order valence-corrected chi connectivity index (χ3v) is 8.00. The normalized spacial score (nSPS) is 25.5. The van der Waals surface area contributed by atoms with Gasteiger partial charge >= 0.3 is 13.2 Å². The summed E-state index contributed by atoms with van der Waals surface area (Å²) in [6, 6.07) is 2.14. The van der Waals surface area contributed by atoms with Crippen LogP contribution in [0, 0.1) is 0 Å². The molecule has 34 heavy (non-hydrogen) atoms. The van der Waals surface area contributed by atoms with Crippen LogP contribution in [0.2, 0.25) is 5.15 Å². The van der Waals surface area contributed by atoms with Gasteiger partial charge in [0.2, 0.25) is 10.0 Å². The number of rotatable bonds is 3. The van der Waals surface area contributed by atoms with Crippen LogP contribution in [0.1, 0.15) is 67.0 Å². The van der Waals surface area contributed by atoms with Crippen molar-refractivity contribution in [1.29, 1.82) is 0 Å². The third kappa shape index (κ3) is 5.54. The number of amides is 1. The first kappa shape index (κ1) is 27.2. The number of ether oxygens (including phenoxy) is 1. The average Bonchev–Trinajstić information content (AvgIpc) is 2.86. The van der Waals surface area contributed by atoms with Gasteiger partial charge in [-0.3, -0.25) is 0 Å². The van der Waals surface area contributed by atoms with E-state index in [0.717, 1.165) is 6.26 Å². The van der Waals surface area contributed by atoms with Gasteiger partial charge in [-0.25, -0.2) is 18.2 Å². The molecule has 0 N–H and O–H groups in total. The Labute approximate surface area is 208 Å². The number of piperazine rings is 1. The standard InChI is InChI=1S/C22H35BClN3O6S/c1-14-18(27(34(9,29)30)11-10-26(14)19(28)31-20(2,3)4)15-12-16(25-17(24)13-15)23-32-21(5,6)22(7,8)33-23/h12-14,18H,10-11H2,1-9H3/t14-,18+/m1/s1. The van der Waals surface area contributed by atoms with Gasteiger partial charge in [0.1, 0.15) is 10.8 Å². The van der Waals surface area contributed by atoms with E-state index in [2.05, 4.69) is 4.98 Å². The van der Waals surface area contributed by atoms with Crippen LogP contribution in [-0.2, 0) is 24.1 Å². The first-order valence-corrected chi connectivity index (χ1v) is 13.5. The van der Waals surface area contributed by atoms with Crippen molar-refractivity contribution in [1.82, 2.24) is 14.2 Å². The fourth-order valence-electron chi connectivity index (χ4n) is 4.15. The minimum Gasteiger partial charge on any atom is -0.444 e. The largest absolute Gasteiger partial charge is 0.514 e. The van der Waals surface area contributed by atoms with Crippen molar-refractivity contribution in [3.63, 3.8) is 0 Å². The fourth-order valence-corrected chi connectivity index (χ4v) is 5.50. The number of carbonyl (C=O) groups is 1. The SMILES string of the molecule is C[C@@H]1[C@@H](c2cc(Cl)nc(B3OC(C)(C)C(C)(C)O3)c2)N(S(C)(=O)=O)CCN1C(=O)OC(C)(C)C. The topological polar surface area (TPSA) is 98.3 Å². The summed E-state index contributed by atoms with van der Waals surface area (Å²) in [4.78, 5) is 18.9. The highest BCUT2D eigenvalue weighted by molar-refractivity contribution is 7.88. The van der Waals surface area contributed by atoms with Crippen LogP contribution in [0.4, 0.5) is 4.79 Å².